The number of benzene rings is 2. The Balaban J connectivity index is 1.29. The van der Waals surface area contributed by atoms with Crippen LogP contribution < -0.4 is 10.6 Å². The molecule has 1 saturated carbocycles. The highest BCUT2D eigenvalue weighted by atomic mass is 16.5. The minimum atomic E-state index is -0.945. The molecule has 1 fully saturated rings. The van der Waals surface area contributed by atoms with Crippen molar-refractivity contribution in [1.29, 1.82) is 0 Å². The molecule has 33 heavy (non-hydrogen) atoms. The lowest BCUT2D eigenvalue weighted by Gasteiger charge is -2.28. The van der Waals surface area contributed by atoms with Crippen molar-refractivity contribution in [2.75, 3.05) is 6.61 Å². The lowest BCUT2D eigenvalue weighted by atomic mass is 9.85. The molecule has 0 aromatic heterocycles. The monoisotopic (exact) mass is 450 g/mol. The number of carboxylic acids is 1. The number of carbonyl (C=O) groups excluding carboxylic acids is 2. The first kappa shape index (κ1) is 22.8. The van der Waals surface area contributed by atoms with E-state index >= 15 is 0 Å². The predicted molar refractivity (Wildman–Crippen MR) is 124 cm³/mol. The summed E-state index contributed by atoms with van der Waals surface area (Å²) in [6.45, 7) is 3.61. The van der Waals surface area contributed by atoms with Gasteiger partial charge in [-0.2, -0.15) is 0 Å². The van der Waals surface area contributed by atoms with E-state index in [1.54, 1.807) is 13.8 Å². The summed E-state index contributed by atoms with van der Waals surface area (Å²) < 4.78 is 5.53. The van der Waals surface area contributed by atoms with Gasteiger partial charge in [0.1, 0.15) is 6.61 Å². The van der Waals surface area contributed by atoms with E-state index in [1.165, 1.54) is 0 Å². The maximum Gasteiger partial charge on any atom is 0.407 e. The molecule has 0 radical (unpaired) electrons. The number of amides is 2. The van der Waals surface area contributed by atoms with E-state index in [-0.39, 0.29) is 24.9 Å². The summed E-state index contributed by atoms with van der Waals surface area (Å²) >= 11 is 0. The Morgan fingerprint density at radius 2 is 1.70 bits per heavy atom. The van der Waals surface area contributed by atoms with E-state index < -0.39 is 29.6 Å². The van der Waals surface area contributed by atoms with Crippen molar-refractivity contribution in [3.05, 3.63) is 59.7 Å². The highest BCUT2D eigenvalue weighted by Crippen LogP contribution is 2.44. The third-order valence-electron chi connectivity index (χ3n) is 6.98. The number of fused-ring (bicyclic) bond motifs is 3. The van der Waals surface area contributed by atoms with Crippen molar-refractivity contribution in [3.8, 4) is 11.1 Å². The first-order valence-electron chi connectivity index (χ1n) is 11.4. The molecule has 0 aliphatic heterocycles. The van der Waals surface area contributed by atoms with Crippen LogP contribution in [0.4, 0.5) is 4.79 Å². The van der Waals surface area contributed by atoms with Gasteiger partial charge in [0, 0.05) is 24.4 Å². The zero-order valence-corrected chi connectivity index (χ0v) is 19.0. The summed E-state index contributed by atoms with van der Waals surface area (Å²) in [5.41, 5.74) is 3.65. The van der Waals surface area contributed by atoms with Crippen molar-refractivity contribution < 1.29 is 24.2 Å². The molecule has 2 aromatic rings. The van der Waals surface area contributed by atoms with Crippen LogP contribution in [-0.2, 0) is 14.3 Å². The fourth-order valence-electron chi connectivity index (χ4n) is 5.08. The van der Waals surface area contributed by atoms with Gasteiger partial charge in [-0.3, -0.25) is 9.59 Å². The molecule has 4 rings (SSSR count). The number of carboxylic acid groups (broad SMARTS) is 1. The number of rotatable bonds is 7. The second-order valence-corrected chi connectivity index (χ2v) is 9.31. The smallest absolute Gasteiger partial charge is 0.407 e. The molecule has 3 atom stereocenters. The SMILES string of the molecule is C[C@H](CC(=O)NC1CCCC1(C)C(=O)O)NC(=O)OCC1c2ccccc2-c2ccccc21. The number of alkyl carbamates (subject to hydrolysis) is 1. The van der Waals surface area contributed by atoms with Crippen LogP contribution in [0.2, 0.25) is 0 Å². The normalized spacial score (nSPS) is 22.2. The summed E-state index contributed by atoms with van der Waals surface area (Å²) in [5, 5.41) is 15.1. The minimum Gasteiger partial charge on any atom is -0.481 e. The van der Waals surface area contributed by atoms with Gasteiger partial charge in [-0.15, -0.1) is 0 Å². The molecule has 7 nitrogen and oxygen atoms in total. The average Bonchev–Trinajstić information content (AvgIpc) is 3.31. The van der Waals surface area contributed by atoms with Gasteiger partial charge in [-0.25, -0.2) is 4.79 Å². The van der Waals surface area contributed by atoms with Gasteiger partial charge in [0.25, 0.3) is 0 Å². The molecule has 0 bridgehead atoms. The fourth-order valence-corrected chi connectivity index (χ4v) is 5.08. The van der Waals surface area contributed by atoms with Gasteiger partial charge >= 0.3 is 12.1 Å². The standard InChI is InChI=1S/C26H30N2O5/c1-16(14-23(29)28-22-12-7-13-26(22,2)24(30)31)27-25(32)33-15-21-19-10-5-3-8-17(19)18-9-4-6-11-20(18)21/h3-6,8-11,16,21-22H,7,12-15H2,1-2H3,(H,27,32)(H,28,29)(H,30,31)/t16-,22?,26?/m1/s1. The number of hydrogen-bond donors (Lipinski definition) is 3. The quantitative estimate of drug-likeness (QED) is 0.590. The highest BCUT2D eigenvalue weighted by molar-refractivity contribution is 5.81. The summed E-state index contributed by atoms with van der Waals surface area (Å²) in [7, 11) is 0. The molecular formula is C26H30N2O5. The molecule has 3 N–H and O–H groups in total. The van der Waals surface area contributed by atoms with E-state index in [1.807, 2.05) is 24.3 Å². The molecule has 2 aliphatic carbocycles. The summed E-state index contributed by atoms with van der Waals surface area (Å²) in [6.07, 6.45) is 1.43. The summed E-state index contributed by atoms with van der Waals surface area (Å²) in [5.74, 6) is -1.20. The molecule has 0 saturated heterocycles. The van der Waals surface area contributed by atoms with E-state index in [0.717, 1.165) is 28.7 Å². The van der Waals surface area contributed by atoms with Crippen LogP contribution in [0.1, 0.15) is 56.6 Å². The van der Waals surface area contributed by atoms with Gasteiger partial charge in [0.15, 0.2) is 0 Å². The lowest BCUT2D eigenvalue weighted by molar-refractivity contribution is -0.149. The molecule has 2 aromatic carbocycles. The van der Waals surface area contributed by atoms with Crippen molar-refractivity contribution in [3.63, 3.8) is 0 Å². The molecule has 2 amide bonds. The van der Waals surface area contributed by atoms with Gasteiger partial charge < -0.3 is 20.5 Å². The van der Waals surface area contributed by atoms with Crippen molar-refractivity contribution in [1.82, 2.24) is 10.6 Å². The van der Waals surface area contributed by atoms with Gasteiger partial charge in [0.2, 0.25) is 5.91 Å². The topological polar surface area (TPSA) is 105 Å². The lowest BCUT2D eigenvalue weighted by Crippen LogP contribution is -2.48. The second kappa shape index (κ2) is 9.25. The Kier molecular flexibility index (Phi) is 6.40. The van der Waals surface area contributed by atoms with Crippen molar-refractivity contribution in [2.24, 2.45) is 5.41 Å². The Morgan fingerprint density at radius 1 is 1.09 bits per heavy atom. The maximum absolute atomic E-state index is 12.4. The Hall–Kier alpha value is -3.35. The largest absolute Gasteiger partial charge is 0.481 e. The molecule has 174 valence electrons. The zero-order valence-electron chi connectivity index (χ0n) is 19.0. The van der Waals surface area contributed by atoms with Crippen molar-refractivity contribution >= 4 is 18.0 Å². The van der Waals surface area contributed by atoms with E-state index in [9.17, 15) is 19.5 Å². The molecule has 2 aliphatic rings. The fraction of sp³-hybridized carbons (Fsp3) is 0.423. The molecule has 0 heterocycles. The maximum atomic E-state index is 12.4. The van der Waals surface area contributed by atoms with Gasteiger partial charge in [0.05, 0.1) is 5.41 Å². The van der Waals surface area contributed by atoms with E-state index in [2.05, 4.69) is 34.9 Å². The average molecular weight is 451 g/mol. The summed E-state index contributed by atoms with van der Waals surface area (Å²) in [4.78, 5) is 36.4. The number of aliphatic carboxylic acids is 1. The van der Waals surface area contributed by atoms with E-state index in [4.69, 9.17) is 4.74 Å². The third-order valence-corrected chi connectivity index (χ3v) is 6.98. The van der Waals surface area contributed by atoms with Crippen LogP contribution in [0.15, 0.2) is 48.5 Å². The molecule has 2 unspecified atom stereocenters. The van der Waals surface area contributed by atoms with Crippen LogP contribution in [0.5, 0.6) is 0 Å². The molecule has 0 spiro atoms. The number of nitrogens with one attached hydrogen (secondary N) is 2. The first-order valence-corrected chi connectivity index (χ1v) is 11.4. The Labute approximate surface area is 193 Å². The minimum absolute atomic E-state index is 0.0298. The zero-order chi connectivity index (χ0) is 23.6. The molecule has 7 heteroatoms. The van der Waals surface area contributed by atoms with Gasteiger partial charge in [-0.1, -0.05) is 55.0 Å². The Morgan fingerprint density at radius 3 is 2.30 bits per heavy atom. The number of carbonyl (C=O) groups is 3. The van der Waals surface area contributed by atoms with E-state index in [0.29, 0.717) is 12.8 Å². The predicted octanol–water partition coefficient (Wildman–Crippen LogP) is 4.06. The second-order valence-electron chi connectivity index (χ2n) is 9.31. The highest BCUT2D eigenvalue weighted by Gasteiger charge is 2.45. The van der Waals surface area contributed by atoms with Crippen LogP contribution in [0.3, 0.4) is 0 Å². The Bertz CT molecular complexity index is 1020. The van der Waals surface area contributed by atoms with Crippen LogP contribution >= 0.6 is 0 Å². The van der Waals surface area contributed by atoms with Crippen LogP contribution in [-0.4, -0.2) is 41.8 Å². The summed E-state index contributed by atoms with van der Waals surface area (Å²) in [6, 6.07) is 15.4. The molecular weight excluding hydrogens is 420 g/mol. The first-order chi connectivity index (χ1) is 15.8. The van der Waals surface area contributed by atoms with Gasteiger partial charge in [-0.05, 0) is 48.9 Å². The number of ether oxygens (including phenoxy) is 1. The van der Waals surface area contributed by atoms with Crippen LogP contribution in [0.25, 0.3) is 11.1 Å². The third kappa shape index (κ3) is 4.58. The van der Waals surface area contributed by atoms with Crippen LogP contribution in [0, 0.1) is 5.41 Å². The van der Waals surface area contributed by atoms with Crippen molar-refractivity contribution in [2.45, 2.75) is 57.5 Å². The number of hydrogen-bond acceptors (Lipinski definition) is 4.